The topological polar surface area (TPSA) is 4.93 Å². The van der Waals surface area contributed by atoms with E-state index in [2.05, 4.69) is 76.8 Å². The molecule has 0 fully saturated rings. The van der Waals surface area contributed by atoms with Crippen LogP contribution in [0.15, 0.2) is 91.0 Å². The average molecular weight is 578 g/mol. The summed E-state index contributed by atoms with van der Waals surface area (Å²) in [6, 6.07) is 32.2. The van der Waals surface area contributed by atoms with Crippen molar-refractivity contribution in [3.05, 3.63) is 102 Å². The maximum atomic E-state index is 4.64. The molecule has 0 spiro atoms. The zero-order chi connectivity index (χ0) is 20.1. The fourth-order valence-corrected chi connectivity index (χ4v) is 4.37. The number of hydrogen-bond acceptors (Lipinski definition) is 0. The van der Waals surface area contributed by atoms with Crippen LogP contribution in [-0.4, -0.2) is 11.0 Å². The third-order valence-corrected chi connectivity index (χ3v) is 5.60. The molecule has 1 aliphatic carbocycles. The van der Waals surface area contributed by atoms with Crippen molar-refractivity contribution in [2.45, 2.75) is 25.7 Å². The van der Waals surface area contributed by atoms with Crippen molar-refractivity contribution < 1.29 is 25.8 Å². The second-order valence-electron chi connectivity index (χ2n) is 7.29. The molecular formula is C27H26ClHfN-2. The molecule has 0 saturated heterocycles. The van der Waals surface area contributed by atoms with Crippen molar-refractivity contribution >= 4 is 33.3 Å². The van der Waals surface area contributed by atoms with E-state index in [9.17, 15) is 0 Å². The van der Waals surface area contributed by atoms with Gasteiger partial charge in [-0.1, -0.05) is 24.3 Å². The molecule has 6 rings (SSSR count). The molecule has 1 aromatic heterocycles. The SMILES string of the molecule is CCl.[Hf].c1cc[cH-]c1.c1ccc2[cH-]c(-n3c4c(c5ccccc53)CCCC4)cc2c1. The van der Waals surface area contributed by atoms with Crippen LogP contribution in [0.2, 0.25) is 0 Å². The maximum absolute atomic E-state index is 4.64. The van der Waals surface area contributed by atoms with Crippen molar-refractivity contribution in [3.8, 4) is 5.69 Å². The smallest absolute Gasteiger partial charge is 0.0516 e. The van der Waals surface area contributed by atoms with Gasteiger partial charge in [-0.2, -0.15) is 18.2 Å². The first kappa shape index (κ1) is 22.8. The van der Waals surface area contributed by atoms with Crippen LogP contribution in [-0.2, 0) is 38.7 Å². The van der Waals surface area contributed by atoms with E-state index < -0.39 is 0 Å². The normalized spacial score (nSPS) is 12.2. The number of aromatic nitrogens is 1. The van der Waals surface area contributed by atoms with E-state index in [1.54, 1.807) is 5.56 Å². The van der Waals surface area contributed by atoms with Gasteiger partial charge in [-0.05, 0) is 43.0 Å². The van der Waals surface area contributed by atoms with Crippen LogP contribution >= 0.6 is 11.6 Å². The number of hydrogen-bond donors (Lipinski definition) is 0. The van der Waals surface area contributed by atoms with Gasteiger partial charge in [-0.15, -0.1) is 52.7 Å². The molecule has 0 saturated carbocycles. The second-order valence-corrected chi connectivity index (χ2v) is 7.29. The Hall–Kier alpha value is -1.90. The second kappa shape index (κ2) is 10.9. The Kier molecular flexibility index (Phi) is 8.30. The van der Waals surface area contributed by atoms with Crippen LogP contribution in [0.5, 0.6) is 0 Å². The van der Waals surface area contributed by atoms with Gasteiger partial charge in [0.2, 0.25) is 0 Å². The first-order valence-electron chi connectivity index (χ1n) is 10.2. The predicted octanol–water partition coefficient (Wildman–Crippen LogP) is 7.64. The molecule has 0 amide bonds. The van der Waals surface area contributed by atoms with Gasteiger partial charge in [0.15, 0.2) is 0 Å². The first-order chi connectivity index (χ1) is 14.4. The molecule has 0 aliphatic heterocycles. The molecule has 0 unspecified atom stereocenters. The van der Waals surface area contributed by atoms with Crippen molar-refractivity contribution in [2.75, 3.05) is 6.38 Å². The van der Waals surface area contributed by atoms with Gasteiger partial charge in [0, 0.05) is 43.3 Å². The number of alkyl halides is 1. The largest absolute Gasteiger partial charge is 0.332 e. The van der Waals surface area contributed by atoms with Crippen LogP contribution in [0.3, 0.4) is 0 Å². The molecular weight excluding hydrogens is 552 g/mol. The molecule has 0 N–H and O–H groups in total. The Bertz CT molecular complexity index is 1130. The van der Waals surface area contributed by atoms with Gasteiger partial charge in [-0.25, -0.2) is 12.1 Å². The molecule has 3 heteroatoms. The number of halogens is 1. The number of para-hydroxylation sites is 1. The van der Waals surface area contributed by atoms with Crippen molar-refractivity contribution in [3.63, 3.8) is 0 Å². The average Bonchev–Trinajstić information content (AvgIpc) is 3.54. The molecule has 0 radical (unpaired) electrons. The molecule has 1 nitrogen and oxygen atoms in total. The van der Waals surface area contributed by atoms with Crippen molar-refractivity contribution in [1.29, 1.82) is 0 Å². The monoisotopic (exact) mass is 579 g/mol. The molecule has 30 heavy (non-hydrogen) atoms. The quantitative estimate of drug-likeness (QED) is 0.110. The minimum Gasteiger partial charge on any atom is -0.332 e. The standard InChI is InChI=1S/C21H18N.C5H5.CH3Cl.Hf/c1-2-8-16-14-17(13-15(16)7-1)22-20-11-5-3-9-18(20)19-10-4-6-12-21(19)22;1-2-4-5-3-1;1-2;/h1-3,5,7-9,11,13-14H,4,6,10,12H2;1-5H;1H3;/q2*-1;;. The van der Waals surface area contributed by atoms with Crippen molar-refractivity contribution in [1.82, 2.24) is 4.57 Å². The fraction of sp³-hybridized carbons (Fsp3) is 0.185. The van der Waals surface area contributed by atoms with E-state index in [0.717, 1.165) is 0 Å². The number of aryl methyl sites for hydroxylation is 1. The van der Waals surface area contributed by atoms with E-state index in [1.165, 1.54) is 65.1 Å². The maximum Gasteiger partial charge on any atom is 0.0516 e. The Morgan fingerprint density at radius 1 is 0.833 bits per heavy atom. The fourth-order valence-electron chi connectivity index (χ4n) is 4.37. The molecule has 1 heterocycles. The van der Waals surface area contributed by atoms with E-state index in [-0.39, 0.29) is 25.8 Å². The van der Waals surface area contributed by atoms with E-state index >= 15 is 0 Å². The van der Waals surface area contributed by atoms with Gasteiger partial charge in [0.25, 0.3) is 0 Å². The zero-order valence-corrected chi connectivity index (χ0v) is 21.7. The Morgan fingerprint density at radius 3 is 2.27 bits per heavy atom. The summed E-state index contributed by atoms with van der Waals surface area (Å²) in [5.41, 5.74) is 5.79. The van der Waals surface area contributed by atoms with Crippen LogP contribution in [0.1, 0.15) is 24.1 Å². The summed E-state index contributed by atoms with van der Waals surface area (Å²) in [4.78, 5) is 0. The van der Waals surface area contributed by atoms with Crippen LogP contribution in [0.25, 0.3) is 27.4 Å². The summed E-state index contributed by atoms with van der Waals surface area (Å²) in [5.74, 6) is 0. The van der Waals surface area contributed by atoms with E-state index in [4.69, 9.17) is 0 Å². The summed E-state index contributed by atoms with van der Waals surface area (Å²) in [6.45, 7) is 0. The van der Waals surface area contributed by atoms with E-state index in [1.807, 2.05) is 30.3 Å². The van der Waals surface area contributed by atoms with Gasteiger partial charge in [0.1, 0.15) is 0 Å². The predicted molar refractivity (Wildman–Crippen MR) is 127 cm³/mol. The van der Waals surface area contributed by atoms with Gasteiger partial charge in [0.05, 0.1) is 5.52 Å². The van der Waals surface area contributed by atoms with Crippen LogP contribution in [0, 0.1) is 0 Å². The minimum absolute atomic E-state index is 0. The Balaban J connectivity index is 0.000000279. The van der Waals surface area contributed by atoms with Crippen LogP contribution in [0.4, 0.5) is 0 Å². The Morgan fingerprint density at radius 2 is 1.53 bits per heavy atom. The summed E-state index contributed by atoms with van der Waals surface area (Å²) in [6.07, 6.45) is 6.53. The number of fused-ring (bicyclic) bond motifs is 4. The first-order valence-corrected chi connectivity index (χ1v) is 11.0. The van der Waals surface area contributed by atoms with Gasteiger partial charge >= 0.3 is 0 Å². The minimum atomic E-state index is 0. The molecule has 5 aromatic rings. The Labute approximate surface area is 202 Å². The number of benzene rings is 2. The molecule has 4 aromatic carbocycles. The number of rotatable bonds is 1. The summed E-state index contributed by atoms with van der Waals surface area (Å²) in [5, 5.41) is 4.11. The van der Waals surface area contributed by atoms with Crippen molar-refractivity contribution in [2.24, 2.45) is 0 Å². The summed E-state index contributed by atoms with van der Waals surface area (Å²) in [7, 11) is 0. The summed E-state index contributed by atoms with van der Waals surface area (Å²) < 4.78 is 2.50. The molecule has 0 atom stereocenters. The molecule has 0 bridgehead atoms. The number of nitrogens with zero attached hydrogens (tertiary/aromatic N) is 1. The van der Waals surface area contributed by atoms with Gasteiger partial charge < -0.3 is 4.57 Å². The van der Waals surface area contributed by atoms with Crippen LogP contribution < -0.4 is 0 Å². The third kappa shape index (κ3) is 4.55. The third-order valence-electron chi connectivity index (χ3n) is 5.60. The van der Waals surface area contributed by atoms with Gasteiger partial charge in [-0.3, -0.25) is 0 Å². The zero-order valence-electron chi connectivity index (χ0n) is 17.3. The van der Waals surface area contributed by atoms with E-state index in [0.29, 0.717) is 0 Å². The molecule has 152 valence electrons. The summed E-state index contributed by atoms with van der Waals surface area (Å²) >= 11 is 4.64. The molecule has 1 aliphatic rings.